The molecule has 0 spiro atoms. The van der Waals surface area contributed by atoms with Crippen LogP contribution in [0.25, 0.3) is 0 Å². The molecule has 35 heavy (non-hydrogen) atoms. The van der Waals surface area contributed by atoms with Crippen molar-refractivity contribution in [1.82, 2.24) is 0 Å². The molecule has 0 bridgehead atoms. The number of alkyl halides is 6. The molecule has 1 N–H and O–H groups in total. The Morgan fingerprint density at radius 1 is 0.686 bits per heavy atom. The Morgan fingerprint density at radius 2 is 1.00 bits per heavy atom. The lowest BCUT2D eigenvalue weighted by Crippen LogP contribution is -2.53. The molecule has 2 aromatic rings. The highest BCUT2D eigenvalue weighted by molar-refractivity contribution is 6.87. The largest absolute Gasteiger partial charge is 0.427 e. The van der Waals surface area contributed by atoms with Gasteiger partial charge in [0.25, 0.3) is 0 Å². The van der Waals surface area contributed by atoms with Crippen molar-refractivity contribution in [2.75, 3.05) is 7.11 Å². The third kappa shape index (κ3) is 7.44. The molecule has 2 aromatic carbocycles. The maximum absolute atomic E-state index is 12.5. The van der Waals surface area contributed by atoms with E-state index in [1.807, 2.05) is 41.5 Å². The first-order valence-corrected chi connectivity index (χ1v) is 16.0. The number of hydrogen-bond donors (Lipinski definition) is 1. The van der Waals surface area contributed by atoms with Gasteiger partial charge in [-0.1, -0.05) is 90.1 Å². The predicted octanol–water partition coefficient (Wildman–Crippen LogP) is 7.21. The molecule has 0 atom stereocenters. The lowest BCUT2D eigenvalue weighted by molar-refractivity contribution is -0.138. The standard InChI is InChI=1S/C13H19F3OSi.C12H17F3OSi/c1-9(2)18(17,10(3)4)12-7-5-11(6-8-12)13(14,15)16;1-4-17(5-2,16-3)11-8-6-10(7-9-11)12(13,14)15/h5-10,17H,1-4H3;6-9H,4-5H2,1-3H3. The third-order valence-electron chi connectivity index (χ3n) is 6.71. The quantitative estimate of drug-likeness (QED) is 0.298. The van der Waals surface area contributed by atoms with Crippen LogP contribution in [0.2, 0.25) is 23.2 Å². The van der Waals surface area contributed by atoms with Crippen LogP contribution in [-0.4, -0.2) is 28.5 Å². The average molecular weight is 539 g/mol. The fourth-order valence-electron chi connectivity index (χ4n) is 4.29. The Balaban J connectivity index is 0.000000351. The summed E-state index contributed by atoms with van der Waals surface area (Å²) in [7, 11) is -3.12. The van der Waals surface area contributed by atoms with Crippen molar-refractivity contribution in [3.63, 3.8) is 0 Å². The van der Waals surface area contributed by atoms with E-state index in [1.165, 1.54) is 12.1 Å². The lowest BCUT2D eigenvalue weighted by atomic mass is 10.2. The monoisotopic (exact) mass is 538 g/mol. The summed E-state index contributed by atoms with van der Waals surface area (Å²) in [5.41, 5.74) is -1.15. The Morgan fingerprint density at radius 3 is 1.23 bits per heavy atom. The van der Waals surface area contributed by atoms with Crippen molar-refractivity contribution in [3.8, 4) is 0 Å². The first-order valence-electron chi connectivity index (χ1n) is 11.6. The summed E-state index contributed by atoms with van der Waals surface area (Å²) in [4.78, 5) is 10.8. The van der Waals surface area contributed by atoms with E-state index in [-0.39, 0.29) is 11.1 Å². The van der Waals surface area contributed by atoms with E-state index in [0.717, 1.165) is 41.5 Å². The van der Waals surface area contributed by atoms with Gasteiger partial charge in [-0.3, -0.25) is 0 Å². The van der Waals surface area contributed by atoms with Crippen molar-refractivity contribution in [3.05, 3.63) is 59.7 Å². The van der Waals surface area contributed by atoms with E-state index in [9.17, 15) is 31.1 Å². The van der Waals surface area contributed by atoms with Crippen LogP contribution in [0.1, 0.15) is 52.7 Å². The number of hydrogen-bond acceptors (Lipinski definition) is 2. The summed E-state index contributed by atoms with van der Waals surface area (Å²) < 4.78 is 80.4. The predicted molar refractivity (Wildman–Crippen MR) is 134 cm³/mol. The minimum absolute atomic E-state index is 0.0641. The Bertz CT molecular complexity index is 887. The second kappa shape index (κ2) is 12.1. The zero-order valence-electron chi connectivity index (χ0n) is 21.3. The highest BCUT2D eigenvalue weighted by Crippen LogP contribution is 2.32. The zero-order chi connectivity index (χ0) is 27.2. The smallest absolute Gasteiger partial charge is 0.416 e. The van der Waals surface area contributed by atoms with Crippen molar-refractivity contribution >= 4 is 27.0 Å². The van der Waals surface area contributed by atoms with Gasteiger partial charge in [0.1, 0.15) is 0 Å². The van der Waals surface area contributed by atoms with E-state index in [2.05, 4.69) is 0 Å². The van der Waals surface area contributed by atoms with Gasteiger partial charge in [0.2, 0.25) is 16.6 Å². The van der Waals surface area contributed by atoms with E-state index in [1.54, 1.807) is 19.2 Å². The first-order chi connectivity index (χ1) is 16.0. The number of rotatable bonds is 7. The Hall–Kier alpha value is -1.63. The zero-order valence-corrected chi connectivity index (χ0v) is 23.3. The minimum Gasteiger partial charge on any atom is -0.427 e. The molecular formula is C25H36F6O2Si2. The van der Waals surface area contributed by atoms with Crippen LogP contribution in [0.4, 0.5) is 26.3 Å². The topological polar surface area (TPSA) is 29.5 Å². The lowest BCUT2D eigenvalue weighted by Gasteiger charge is -2.33. The van der Waals surface area contributed by atoms with Crippen LogP contribution in [0.15, 0.2) is 48.5 Å². The van der Waals surface area contributed by atoms with E-state index >= 15 is 0 Å². The molecule has 0 aromatic heterocycles. The summed E-state index contributed by atoms with van der Waals surface area (Å²) >= 11 is 0. The van der Waals surface area contributed by atoms with E-state index in [0.29, 0.717) is 5.19 Å². The van der Waals surface area contributed by atoms with Gasteiger partial charge < -0.3 is 9.22 Å². The van der Waals surface area contributed by atoms with Crippen molar-refractivity contribution in [2.45, 2.75) is 77.1 Å². The van der Waals surface area contributed by atoms with Gasteiger partial charge in [-0.25, -0.2) is 0 Å². The van der Waals surface area contributed by atoms with Crippen molar-refractivity contribution in [2.24, 2.45) is 0 Å². The molecule has 0 unspecified atom stereocenters. The molecule has 2 rings (SSSR count). The van der Waals surface area contributed by atoms with Gasteiger partial charge in [-0.15, -0.1) is 0 Å². The molecule has 0 fully saturated rings. The molecule has 0 aliphatic heterocycles. The van der Waals surface area contributed by atoms with Gasteiger partial charge in [-0.05, 0) is 33.5 Å². The summed E-state index contributed by atoms with van der Waals surface area (Å²) in [6.45, 7) is 11.7. The molecule has 198 valence electrons. The summed E-state index contributed by atoms with van der Waals surface area (Å²) in [5, 5.41) is 1.60. The van der Waals surface area contributed by atoms with Crippen molar-refractivity contribution in [1.29, 1.82) is 0 Å². The molecule has 0 aliphatic carbocycles. The van der Waals surface area contributed by atoms with E-state index < -0.39 is 40.1 Å². The summed E-state index contributed by atoms with van der Waals surface area (Å²) in [5.74, 6) is 0. The maximum atomic E-state index is 12.5. The van der Waals surface area contributed by atoms with Crippen molar-refractivity contribution < 1.29 is 35.6 Å². The second-order valence-corrected chi connectivity index (χ2v) is 18.1. The molecule has 2 nitrogen and oxygen atoms in total. The fraction of sp³-hybridized carbons (Fsp3) is 0.520. The molecular weight excluding hydrogens is 502 g/mol. The minimum atomic E-state index is -4.33. The normalized spacial score (nSPS) is 13.1. The van der Waals surface area contributed by atoms with Gasteiger partial charge in [-0.2, -0.15) is 26.3 Å². The SMILES string of the molecule is CC(C)[Si](O)(c1ccc(C(F)(F)F)cc1)C(C)C.CC[Si](CC)(OC)c1ccc(C(F)(F)F)cc1. The Labute approximate surface area is 206 Å². The summed E-state index contributed by atoms with van der Waals surface area (Å²) in [6.07, 6.45) is -8.60. The summed E-state index contributed by atoms with van der Waals surface area (Å²) in [6, 6.07) is 12.1. The second-order valence-electron chi connectivity index (χ2n) is 9.19. The molecule has 0 amide bonds. The number of halogens is 6. The molecule has 10 heteroatoms. The average Bonchev–Trinajstić information content (AvgIpc) is 2.79. The number of benzene rings is 2. The van der Waals surface area contributed by atoms with Crippen LogP contribution in [0.3, 0.4) is 0 Å². The fourth-order valence-corrected chi connectivity index (χ4v) is 10.6. The molecule has 0 heterocycles. The maximum Gasteiger partial charge on any atom is 0.416 e. The molecule has 0 radical (unpaired) electrons. The third-order valence-corrected chi connectivity index (χ3v) is 15.9. The van der Waals surface area contributed by atoms with Crippen LogP contribution in [0, 0.1) is 0 Å². The highest BCUT2D eigenvalue weighted by atomic mass is 28.4. The molecule has 0 saturated carbocycles. The van der Waals surface area contributed by atoms with E-state index in [4.69, 9.17) is 4.43 Å². The highest BCUT2D eigenvalue weighted by Gasteiger charge is 2.41. The van der Waals surface area contributed by atoms with Gasteiger partial charge >= 0.3 is 12.4 Å². The molecule has 0 aliphatic rings. The molecule has 0 saturated heterocycles. The van der Waals surface area contributed by atoms with Crippen LogP contribution in [0.5, 0.6) is 0 Å². The van der Waals surface area contributed by atoms with Gasteiger partial charge in [0.15, 0.2) is 0 Å². The van der Waals surface area contributed by atoms with Gasteiger partial charge in [0.05, 0.1) is 11.1 Å². The van der Waals surface area contributed by atoms with Crippen LogP contribution in [-0.2, 0) is 16.8 Å². The van der Waals surface area contributed by atoms with Crippen LogP contribution >= 0.6 is 0 Å². The van der Waals surface area contributed by atoms with Gasteiger partial charge in [0, 0.05) is 7.11 Å². The first kappa shape index (κ1) is 31.4. The van der Waals surface area contributed by atoms with Crippen LogP contribution < -0.4 is 10.4 Å². The Kier molecular flexibility index (Phi) is 10.8.